The summed E-state index contributed by atoms with van der Waals surface area (Å²) in [5.74, 6) is 1.33. The maximum Gasteiger partial charge on any atom is 0.198 e. The van der Waals surface area contributed by atoms with Gasteiger partial charge < -0.3 is 4.42 Å². The Labute approximate surface area is 149 Å². The first-order valence-corrected chi connectivity index (χ1v) is 9.00. The van der Waals surface area contributed by atoms with Gasteiger partial charge in [-0.2, -0.15) is 0 Å². The first kappa shape index (κ1) is 17.4. The van der Waals surface area contributed by atoms with Crippen LogP contribution in [-0.4, -0.2) is 10.8 Å². The lowest BCUT2D eigenvalue weighted by atomic mass is 9.98. The number of aryl methyl sites for hydroxylation is 2. The van der Waals surface area contributed by atoms with Crippen molar-refractivity contribution in [2.45, 2.75) is 52.9 Å². The van der Waals surface area contributed by atoms with E-state index in [1.807, 2.05) is 13.0 Å². The molecule has 0 N–H and O–H groups in total. The quantitative estimate of drug-likeness (QED) is 0.568. The van der Waals surface area contributed by atoms with Crippen LogP contribution in [0.4, 0.5) is 0 Å². The van der Waals surface area contributed by atoms with Crippen LogP contribution in [0.15, 0.2) is 40.8 Å². The van der Waals surface area contributed by atoms with E-state index in [4.69, 9.17) is 9.40 Å². The van der Waals surface area contributed by atoms with Crippen LogP contribution in [-0.2, 0) is 11.2 Å². The molecule has 130 valence electrons. The summed E-state index contributed by atoms with van der Waals surface area (Å²) in [7, 11) is 0. The molecule has 0 saturated heterocycles. The minimum atomic E-state index is 0.256. The van der Waals surface area contributed by atoms with E-state index >= 15 is 0 Å². The van der Waals surface area contributed by atoms with Crippen LogP contribution >= 0.6 is 0 Å². The van der Waals surface area contributed by atoms with Crippen LogP contribution in [0.25, 0.3) is 22.2 Å². The second-order valence-electron chi connectivity index (χ2n) is 6.96. The molecule has 2 aromatic carbocycles. The number of carbonyl (C=O) groups excluding carboxylic acids is 1. The lowest BCUT2D eigenvalue weighted by Crippen LogP contribution is -1.97. The summed E-state index contributed by atoms with van der Waals surface area (Å²) in [5, 5.41) is 0. The van der Waals surface area contributed by atoms with Crippen LogP contribution in [0.5, 0.6) is 0 Å². The van der Waals surface area contributed by atoms with Gasteiger partial charge in [0.05, 0.1) is 0 Å². The number of fused-ring (bicyclic) bond motifs is 1. The van der Waals surface area contributed by atoms with Gasteiger partial charge in [-0.05, 0) is 42.2 Å². The third kappa shape index (κ3) is 3.81. The van der Waals surface area contributed by atoms with Gasteiger partial charge in [-0.15, -0.1) is 0 Å². The molecule has 3 heteroatoms. The Morgan fingerprint density at radius 2 is 2.00 bits per heavy atom. The predicted molar refractivity (Wildman–Crippen MR) is 102 cm³/mol. The molecule has 0 spiro atoms. The largest absolute Gasteiger partial charge is 0.440 e. The van der Waals surface area contributed by atoms with Crippen LogP contribution in [0.3, 0.4) is 0 Å². The minimum absolute atomic E-state index is 0.256. The van der Waals surface area contributed by atoms with Crippen molar-refractivity contribution in [3.05, 3.63) is 53.4 Å². The van der Waals surface area contributed by atoms with Crippen molar-refractivity contribution in [2.24, 2.45) is 0 Å². The summed E-state index contributed by atoms with van der Waals surface area (Å²) >= 11 is 0. The average Bonchev–Trinajstić information content (AvgIpc) is 3.03. The van der Waals surface area contributed by atoms with Gasteiger partial charge in [0.25, 0.3) is 0 Å². The highest BCUT2D eigenvalue weighted by Gasteiger charge is 2.14. The highest BCUT2D eigenvalue weighted by molar-refractivity contribution is 5.91. The fraction of sp³-hybridized carbons (Fsp3) is 0.364. The molecule has 1 aromatic heterocycles. The Bertz CT molecular complexity index is 906. The van der Waals surface area contributed by atoms with Crippen molar-refractivity contribution in [2.75, 3.05) is 0 Å². The molecule has 0 aliphatic heterocycles. The fourth-order valence-corrected chi connectivity index (χ4v) is 3.01. The molecule has 0 bridgehead atoms. The van der Waals surface area contributed by atoms with E-state index in [1.54, 1.807) is 0 Å². The average molecular weight is 335 g/mol. The molecular formula is C22H25NO2. The first-order valence-electron chi connectivity index (χ1n) is 9.00. The molecule has 0 unspecified atom stereocenters. The van der Waals surface area contributed by atoms with Crippen molar-refractivity contribution < 1.29 is 9.21 Å². The number of oxazole rings is 1. The van der Waals surface area contributed by atoms with Gasteiger partial charge in [-0.25, -0.2) is 4.98 Å². The minimum Gasteiger partial charge on any atom is -0.440 e. The van der Waals surface area contributed by atoms with Gasteiger partial charge in [0, 0.05) is 24.3 Å². The zero-order chi connectivity index (χ0) is 18.0. The van der Waals surface area contributed by atoms with E-state index in [-0.39, 0.29) is 5.92 Å². The molecule has 0 atom stereocenters. The molecule has 3 aromatic rings. The van der Waals surface area contributed by atoms with Crippen LogP contribution in [0.1, 0.15) is 56.5 Å². The standard InChI is InChI=1S/C22H25NO2/c1-5-18(24)10-9-16-7-6-8-17(13-16)19-11-15(4)12-20-21(19)23-22(25-20)14(2)3/h6-8,11-14H,5,9-10H2,1-4H3. The molecule has 0 radical (unpaired) electrons. The normalized spacial score (nSPS) is 11.4. The maximum absolute atomic E-state index is 11.6. The van der Waals surface area contributed by atoms with Crippen LogP contribution in [0, 0.1) is 6.92 Å². The van der Waals surface area contributed by atoms with E-state index in [1.165, 1.54) is 5.56 Å². The fourth-order valence-electron chi connectivity index (χ4n) is 3.01. The Kier molecular flexibility index (Phi) is 5.03. The Morgan fingerprint density at radius 1 is 1.20 bits per heavy atom. The van der Waals surface area contributed by atoms with Gasteiger partial charge in [0.1, 0.15) is 11.3 Å². The van der Waals surface area contributed by atoms with E-state index in [2.05, 4.69) is 51.1 Å². The number of hydrogen-bond donors (Lipinski definition) is 0. The van der Waals surface area contributed by atoms with E-state index in [0.29, 0.717) is 18.6 Å². The molecular weight excluding hydrogens is 310 g/mol. The number of carbonyl (C=O) groups is 1. The predicted octanol–water partition coefficient (Wildman–Crippen LogP) is 5.84. The highest BCUT2D eigenvalue weighted by Crippen LogP contribution is 2.32. The van der Waals surface area contributed by atoms with E-state index < -0.39 is 0 Å². The first-order chi connectivity index (χ1) is 12.0. The molecule has 1 heterocycles. The zero-order valence-corrected chi connectivity index (χ0v) is 15.4. The molecule has 25 heavy (non-hydrogen) atoms. The van der Waals surface area contributed by atoms with Gasteiger partial charge in [-0.1, -0.05) is 45.0 Å². The van der Waals surface area contributed by atoms with Crippen molar-refractivity contribution >= 4 is 16.9 Å². The molecule has 0 saturated carbocycles. The Morgan fingerprint density at radius 3 is 2.72 bits per heavy atom. The van der Waals surface area contributed by atoms with Crippen LogP contribution < -0.4 is 0 Å². The molecule has 3 rings (SSSR count). The summed E-state index contributed by atoms with van der Waals surface area (Å²) in [4.78, 5) is 16.3. The molecule has 3 nitrogen and oxygen atoms in total. The number of nitrogens with zero attached hydrogens (tertiary/aromatic N) is 1. The number of Topliss-reactive ketones (excluding diaryl/α,β-unsaturated/α-hetero) is 1. The topological polar surface area (TPSA) is 43.1 Å². The van der Waals surface area contributed by atoms with Crippen molar-refractivity contribution in [3.63, 3.8) is 0 Å². The summed E-state index contributed by atoms with van der Waals surface area (Å²) < 4.78 is 5.94. The second-order valence-corrected chi connectivity index (χ2v) is 6.96. The summed E-state index contributed by atoms with van der Waals surface area (Å²) in [5.41, 5.74) is 6.30. The Balaban J connectivity index is 2.02. The summed E-state index contributed by atoms with van der Waals surface area (Å²) in [6, 6.07) is 12.6. The molecule has 0 amide bonds. The molecule has 0 fully saturated rings. The third-order valence-corrected chi connectivity index (χ3v) is 4.47. The summed E-state index contributed by atoms with van der Waals surface area (Å²) in [6.45, 7) is 8.16. The van der Waals surface area contributed by atoms with Gasteiger partial charge in [0.2, 0.25) is 0 Å². The van der Waals surface area contributed by atoms with Gasteiger partial charge in [-0.3, -0.25) is 4.79 Å². The number of ketones is 1. The van der Waals surface area contributed by atoms with E-state index in [9.17, 15) is 4.79 Å². The van der Waals surface area contributed by atoms with Crippen molar-refractivity contribution in [1.29, 1.82) is 0 Å². The number of aromatic nitrogens is 1. The monoisotopic (exact) mass is 335 g/mol. The SMILES string of the molecule is CCC(=O)CCc1cccc(-c2cc(C)cc3oc(C(C)C)nc23)c1. The smallest absolute Gasteiger partial charge is 0.198 e. The lowest BCUT2D eigenvalue weighted by Gasteiger charge is -2.07. The Hall–Kier alpha value is -2.42. The zero-order valence-electron chi connectivity index (χ0n) is 15.4. The van der Waals surface area contributed by atoms with Crippen LogP contribution in [0.2, 0.25) is 0 Å². The third-order valence-electron chi connectivity index (χ3n) is 4.47. The summed E-state index contributed by atoms with van der Waals surface area (Å²) in [6.07, 6.45) is 1.99. The van der Waals surface area contributed by atoms with Gasteiger partial charge in [0.15, 0.2) is 11.5 Å². The number of benzene rings is 2. The molecule has 0 aliphatic carbocycles. The molecule has 0 aliphatic rings. The van der Waals surface area contributed by atoms with Crippen molar-refractivity contribution in [3.8, 4) is 11.1 Å². The van der Waals surface area contributed by atoms with Crippen molar-refractivity contribution in [1.82, 2.24) is 4.98 Å². The maximum atomic E-state index is 11.6. The lowest BCUT2D eigenvalue weighted by molar-refractivity contribution is -0.118. The highest BCUT2D eigenvalue weighted by atomic mass is 16.3. The number of hydrogen-bond acceptors (Lipinski definition) is 3. The van der Waals surface area contributed by atoms with E-state index in [0.717, 1.165) is 40.1 Å². The second kappa shape index (κ2) is 7.22. The van der Waals surface area contributed by atoms with Gasteiger partial charge >= 0.3 is 0 Å². The number of rotatable bonds is 6.